The summed E-state index contributed by atoms with van der Waals surface area (Å²) in [7, 11) is 0. The van der Waals surface area contributed by atoms with Gasteiger partial charge in [-0.05, 0) is 25.9 Å². The molecule has 0 heterocycles. The van der Waals surface area contributed by atoms with Crippen LogP contribution in [0.25, 0.3) is 0 Å². The minimum absolute atomic E-state index is 0.193. The first-order valence-electron chi connectivity index (χ1n) is 14.5. The van der Waals surface area contributed by atoms with Crippen LogP contribution in [0.4, 0.5) is 0 Å². The zero-order chi connectivity index (χ0) is 23.4. The summed E-state index contributed by atoms with van der Waals surface area (Å²) in [5.74, 6) is 0. The highest BCUT2D eigenvalue weighted by atomic mass is 16.5. The normalized spacial score (nSPS) is 11.3. The molecular weight excluding hydrogens is 392 g/mol. The topological polar surface area (TPSA) is 33.3 Å². The van der Waals surface area contributed by atoms with E-state index in [2.05, 4.69) is 31.1 Å². The van der Waals surface area contributed by atoms with Crippen LogP contribution in [-0.4, -0.2) is 32.3 Å². The molecule has 0 aromatic rings. The summed E-state index contributed by atoms with van der Waals surface area (Å²) in [4.78, 5) is 0. The van der Waals surface area contributed by atoms with Gasteiger partial charge in [0, 0.05) is 13.1 Å². The second-order valence-electron chi connectivity index (χ2n) is 9.70. The maximum absolute atomic E-state index is 5.68. The molecule has 0 amide bonds. The molecule has 0 aromatic carbocycles. The lowest BCUT2D eigenvalue weighted by Gasteiger charge is -2.18. The first kappa shape index (κ1) is 31.5. The second kappa shape index (κ2) is 28.5. The van der Waals surface area contributed by atoms with Gasteiger partial charge in [0.15, 0.2) is 0 Å². The highest BCUT2D eigenvalue weighted by Crippen LogP contribution is 2.11. The molecule has 0 aliphatic rings. The Kier molecular flexibility index (Phi) is 28.0. The van der Waals surface area contributed by atoms with Crippen LogP contribution < -0.4 is 10.6 Å². The Bertz CT molecular complexity index is 320. The maximum atomic E-state index is 5.68. The Hall–Kier alpha value is -0.540. The van der Waals surface area contributed by atoms with Gasteiger partial charge in [-0.3, -0.25) is 0 Å². The first-order chi connectivity index (χ1) is 15.8. The van der Waals surface area contributed by atoms with E-state index in [4.69, 9.17) is 4.74 Å². The van der Waals surface area contributed by atoms with E-state index >= 15 is 0 Å². The van der Waals surface area contributed by atoms with Gasteiger partial charge in [-0.25, -0.2) is 0 Å². The molecule has 0 aliphatic carbocycles. The highest BCUT2D eigenvalue weighted by Gasteiger charge is 2.07. The van der Waals surface area contributed by atoms with Crippen molar-refractivity contribution >= 4 is 0 Å². The Balaban J connectivity index is 3.39. The first-order valence-corrected chi connectivity index (χ1v) is 14.5. The molecule has 2 N–H and O–H groups in total. The lowest BCUT2D eigenvalue weighted by molar-refractivity contribution is 0.141. The van der Waals surface area contributed by atoms with Crippen LogP contribution in [0.5, 0.6) is 0 Å². The molecule has 0 saturated carbocycles. The maximum Gasteiger partial charge on any atom is 0.122 e. The SMILES string of the molecule is C=COC(CNCCCCCCCCCCCC)CNCCCCCCCCCCCC. The van der Waals surface area contributed by atoms with Crippen molar-refractivity contribution in [3.05, 3.63) is 12.8 Å². The number of hydrogen-bond donors (Lipinski definition) is 2. The monoisotopic (exact) mass is 452 g/mol. The molecular formula is C29H60N2O. The quantitative estimate of drug-likeness (QED) is 0.0921. The Morgan fingerprint density at radius 3 is 1.16 bits per heavy atom. The predicted molar refractivity (Wildman–Crippen MR) is 144 cm³/mol. The van der Waals surface area contributed by atoms with Gasteiger partial charge in [-0.1, -0.05) is 136 Å². The summed E-state index contributed by atoms with van der Waals surface area (Å²) in [6.07, 6.45) is 29.7. The van der Waals surface area contributed by atoms with Crippen LogP contribution in [0.1, 0.15) is 142 Å². The van der Waals surface area contributed by atoms with Crippen molar-refractivity contribution in [1.82, 2.24) is 10.6 Å². The van der Waals surface area contributed by atoms with Crippen LogP contribution in [-0.2, 0) is 4.74 Å². The fourth-order valence-electron chi connectivity index (χ4n) is 4.31. The molecule has 0 atom stereocenters. The Morgan fingerprint density at radius 2 is 0.844 bits per heavy atom. The fraction of sp³-hybridized carbons (Fsp3) is 0.931. The van der Waals surface area contributed by atoms with Gasteiger partial charge in [0.25, 0.3) is 0 Å². The van der Waals surface area contributed by atoms with Gasteiger partial charge >= 0.3 is 0 Å². The zero-order valence-corrected chi connectivity index (χ0v) is 22.2. The third kappa shape index (κ3) is 25.7. The van der Waals surface area contributed by atoms with Gasteiger partial charge in [-0.15, -0.1) is 0 Å². The van der Waals surface area contributed by atoms with Gasteiger partial charge in [0.1, 0.15) is 6.10 Å². The molecule has 192 valence electrons. The molecule has 0 spiro atoms. The lowest BCUT2D eigenvalue weighted by atomic mass is 10.1. The molecule has 0 saturated heterocycles. The van der Waals surface area contributed by atoms with Crippen LogP contribution in [0.15, 0.2) is 12.8 Å². The van der Waals surface area contributed by atoms with Crippen molar-refractivity contribution in [3.63, 3.8) is 0 Å². The number of hydrogen-bond acceptors (Lipinski definition) is 3. The van der Waals surface area contributed by atoms with Crippen molar-refractivity contribution < 1.29 is 4.74 Å². The van der Waals surface area contributed by atoms with E-state index in [1.54, 1.807) is 6.26 Å². The average molecular weight is 453 g/mol. The summed E-state index contributed by atoms with van der Waals surface area (Å²) >= 11 is 0. The minimum Gasteiger partial charge on any atom is -0.496 e. The van der Waals surface area contributed by atoms with E-state index < -0.39 is 0 Å². The van der Waals surface area contributed by atoms with E-state index in [0.29, 0.717) is 0 Å². The summed E-state index contributed by atoms with van der Waals surface area (Å²) in [5, 5.41) is 7.15. The molecule has 0 aromatic heterocycles. The number of unbranched alkanes of at least 4 members (excludes halogenated alkanes) is 18. The van der Waals surface area contributed by atoms with E-state index in [0.717, 1.165) is 26.2 Å². The van der Waals surface area contributed by atoms with E-state index in [9.17, 15) is 0 Å². The summed E-state index contributed by atoms with van der Waals surface area (Å²) in [5.41, 5.74) is 0. The largest absolute Gasteiger partial charge is 0.496 e. The Labute approximate surface area is 202 Å². The molecule has 0 aliphatic heterocycles. The number of ether oxygens (including phenoxy) is 1. The van der Waals surface area contributed by atoms with Crippen molar-refractivity contribution in [2.45, 2.75) is 148 Å². The van der Waals surface area contributed by atoms with Crippen LogP contribution in [0.3, 0.4) is 0 Å². The van der Waals surface area contributed by atoms with Gasteiger partial charge in [-0.2, -0.15) is 0 Å². The van der Waals surface area contributed by atoms with Crippen LogP contribution >= 0.6 is 0 Å². The molecule has 3 nitrogen and oxygen atoms in total. The Morgan fingerprint density at radius 1 is 0.531 bits per heavy atom. The summed E-state index contributed by atoms with van der Waals surface area (Å²) < 4.78 is 5.68. The van der Waals surface area contributed by atoms with Gasteiger partial charge in [0.2, 0.25) is 0 Å². The van der Waals surface area contributed by atoms with E-state index in [-0.39, 0.29) is 6.10 Å². The lowest BCUT2D eigenvalue weighted by Crippen LogP contribution is -2.37. The van der Waals surface area contributed by atoms with Crippen molar-refractivity contribution in [2.75, 3.05) is 26.2 Å². The third-order valence-electron chi connectivity index (χ3n) is 6.45. The molecule has 3 heteroatoms. The fourth-order valence-corrected chi connectivity index (χ4v) is 4.31. The predicted octanol–water partition coefficient (Wildman–Crippen LogP) is 8.54. The van der Waals surface area contributed by atoms with Crippen molar-refractivity contribution in [1.29, 1.82) is 0 Å². The average Bonchev–Trinajstić information content (AvgIpc) is 2.80. The third-order valence-corrected chi connectivity index (χ3v) is 6.45. The van der Waals surface area contributed by atoms with Gasteiger partial charge in [0.05, 0.1) is 6.26 Å². The van der Waals surface area contributed by atoms with Crippen LogP contribution in [0, 0.1) is 0 Å². The van der Waals surface area contributed by atoms with Crippen LogP contribution in [0.2, 0.25) is 0 Å². The number of rotatable bonds is 28. The molecule has 0 rings (SSSR count). The van der Waals surface area contributed by atoms with Gasteiger partial charge < -0.3 is 15.4 Å². The van der Waals surface area contributed by atoms with E-state index in [1.165, 1.54) is 128 Å². The minimum atomic E-state index is 0.193. The molecule has 0 fully saturated rings. The summed E-state index contributed by atoms with van der Waals surface area (Å²) in [6.45, 7) is 12.3. The summed E-state index contributed by atoms with van der Waals surface area (Å²) in [6, 6.07) is 0. The molecule has 0 bridgehead atoms. The standard InChI is InChI=1S/C29H60N2O/c1-4-7-9-11-13-15-17-19-21-23-25-30-27-29(32-6-3)28-31-26-24-22-20-18-16-14-12-10-8-5-2/h6,29-31H,3-5,7-28H2,1-2H3. The van der Waals surface area contributed by atoms with Crippen molar-refractivity contribution in [2.24, 2.45) is 0 Å². The molecule has 32 heavy (non-hydrogen) atoms. The second-order valence-corrected chi connectivity index (χ2v) is 9.70. The smallest absolute Gasteiger partial charge is 0.122 e. The van der Waals surface area contributed by atoms with Crippen molar-refractivity contribution in [3.8, 4) is 0 Å². The van der Waals surface area contributed by atoms with E-state index in [1.807, 2.05) is 0 Å². The number of nitrogens with one attached hydrogen (secondary N) is 2. The highest BCUT2D eigenvalue weighted by molar-refractivity contribution is 4.69. The molecule has 0 unspecified atom stereocenters. The zero-order valence-electron chi connectivity index (χ0n) is 22.2. The molecule has 0 radical (unpaired) electrons.